The molecular weight excluding hydrogens is 332 g/mol. The highest BCUT2D eigenvalue weighted by Crippen LogP contribution is 2.26. The van der Waals surface area contributed by atoms with Crippen LogP contribution in [-0.4, -0.2) is 39.2 Å². The van der Waals surface area contributed by atoms with E-state index in [1.165, 1.54) is 18.2 Å². The largest absolute Gasteiger partial charge is 0.341 e. The summed E-state index contributed by atoms with van der Waals surface area (Å²) in [5.41, 5.74) is 1.93. The van der Waals surface area contributed by atoms with Crippen molar-refractivity contribution in [1.29, 1.82) is 5.26 Å². The molecular formula is C19H24N4OS. The molecule has 1 amide bonds. The van der Waals surface area contributed by atoms with Gasteiger partial charge in [0.2, 0.25) is 5.91 Å². The Hall–Kier alpha value is -2.00. The maximum Gasteiger partial charge on any atom is 0.233 e. The highest BCUT2D eigenvalue weighted by Gasteiger charge is 2.25. The van der Waals surface area contributed by atoms with Crippen molar-refractivity contribution in [2.75, 3.05) is 18.8 Å². The number of nitrogens with zero attached hydrogens (tertiary/aromatic N) is 4. The molecule has 1 aliphatic rings. The van der Waals surface area contributed by atoms with Gasteiger partial charge < -0.3 is 9.47 Å². The number of likely N-dealkylation sites (tertiary alicyclic amines) is 1. The molecule has 0 aliphatic carbocycles. The molecule has 2 atom stereocenters. The van der Waals surface area contributed by atoms with E-state index in [4.69, 9.17) is 5.26 Å². The van der Waals surface area contributed by atoms with Gasteiger partial charge in [-0.25, -0.2) is 4.98 Å². The minimum Gasteiger partial charge on any atom is -0.341 e. The lowest BCUT2D eigenvalue weighted by Crippen LogP contribution is -2.43. The van der Waals surface area contributed by atoms with E-state index in [2.05, 4.69) is 29.5 Å². The monoisotopic (exact) mass is 356 g/mol. The molecule has 2 aromatic rings. The van der Waals surface area contributed by atoms with Crippen LogP contribution < -0.4 is 0 Å². The third-order valence-corrected chi connectivity index (χ3v) is 5.57. The molecule has 0 bridgehead atoms. The maximum absolute atomic E-state index is 12.6. The van der Waals surface area contributed by atoms with Gasteiger partial charge in [-0.3, -0.25) is 4.79 Å². The second kappa shape index (κ2) is 7.92. The molecule has 5 nitrogen and oxygen atoms in total. The minimum atomic E-state index is 0.183. The van der Waals surface area contributed by atoms with Crippen molar-refractivity contribution in [3.8, 4) is 6.07 Å². The van der Waals surface area contributed by atoms with Crippen LogP contribution in [0.5, 0.6) is 0 Å². The molecule has 6 heteroatoms. The highest BCUT2D eigenvalue weighted by molar-refractivity contribution is 7.99. The van der Waals surface area contributed by atoms with Gasteiger partial charge in [0.25, 0.3) is 0 Å². The van der Waals surface area contributed by atoms with Gasteiger partial charge in [0.15, 0.2) is 5.16 Å². The van der Waals surface area contributed by atoms with Gasteiger partial charge in [-0.2, -0.15) is 5.26 Å². The van der Waals surface area contributed by atoms with Crippen molar-refractivity contribution < 1.29 is 4.79 Å². The van der Waals surface area contributed by atoms with Crippen LogP contribution >= 0.6 is 11.8 Å². The Labute approximate surface area is 153 Å². The average molecular weight is 356 g/mol. The molecule has 132 valence electrons. The first-order valence-electron chi connectivity index (χ1n) is 8.81. The average Bonchev–Trinajstić information content (AvgIpc) is 2.94. The fourth-order valence-corrected chi connectivity index (χ4v) is 4.57. The number of carbonyl (C=O) groups is 1. The second-order valence-electron chi connectivity index (χ2n) is 6.98. The molecule has 1 saturated heterocycles. The summed E-state index contributed by atoms with van der Waals surface area (Å²) in [5.74, 6) is 1.72. The van der Waals surface area contributed by atoms with Crippen LogP contribution in [0, 0.1) is 23.2 Å². The molecule has 1 fully saturated rings. The summed E-state index contributed by atoms with van der Waals surface area (Å²) in [5, 5.41) is 9.74. The van der Waals surface area contributed by atoms with Crippen LogP contribution in [0.1, 0.15) is 26.7 Å². The summed E-state index contributed by atoms with van der Waals surface area (Å²) in [4.78, 5) is 19.3. The number of amides is 1. The van der Waals surface area contributed by atoms with Crippen LogP contribution in [0.15, 0.2) is 29.4 Å². The van der Waals surface area contributed by atoms with E-state index in [9.17, 15) is 4.79 Å². The maximum atomic E-state index is 12.6. The van der Waals surface area contributed by atoms with Gasteiger partial charge in [0.1, 0.15) is 0 Å². The molecule has 2 heterocycles. The van der Waals surface area contributed by atoms with Crippen molar-refractivity contribution in [1.82, 2.24) is 14.5 Å². The Morgan fingerprint density at radius 2 is 2.04 bits per heavy atom. The van der Waals surface area contributed by atoms with Gasteiger partial charge in [-0.05, 0) is 30.4 Å². The summed E-state index contributed by atoms with van der Waals surface area (Å²) in [7, 11) is 0. The molecule has 0 unspecified atom stereocenters. The lowest BCUT2D eigenvalue weighted by Gasteiger charge is -2.35. The molecule has 1 aliphatic heterocycles. The van der Waals surface area contributed by atoms with Crippen LogP contribution in [-0.2, 0) is 11.3 Å². The lowest BCUT2D eigenvalue weighted by atomic mass is 9.92. The number of nitriles is 1. The zero-order chi connectivity index (χ0) is 17.8. The first-order chi connectivity index (χ1) is 12.1. The van der Waals surface area contributed by atoms with E-state index in [1.54, 1.807) is 0 Å². The zero-order valence-corrected chi connectivity index (χ0v) is 15.6. The molecule has 0 N–H and O–H groups in total. The van der Waals surface area contributed by atoms with Crippen LogP contribution in [0.3, 0.4) is 0 Å². The Morgan fingerprint density at radius 3 is 2.76 bits per heavy atom. The highest BCUT2D eigenvalue weighted by atomic mass is 32.2. The van der Waals surface area contributed by atoms with E-state index in [0.717, 1.165) is 29.3 Å². The molecule has 1 aromatic heterocycles. The summed E-state index contributed by atoms with van der Waals surface area (Å²) < 4.78 is 2.05. The number of hydrogen-bond acceptors (Lipinski definition) is 4. The van der Waals surface area contributed by atoms with E-state index < -0.39 is 0 Å². The summed E-state index contributed by atoms with van der Waals surface area (Å²) in [6, 6.07) is 10.1. The van der Waals surface area contributed by atoms with E-state index >= 15 is 0 Å². The molecule has 3 rings (SSSR count). The number of fused-ring (bicyclic) bond motifs is 1. The van der Waals surface area contributed by atoms with Crippen LogP contribution in [0.25, 0.3) is 11.0 Å². The van der Waals surface area contributed by atoms with Crippen LogP contribution in [0.4, 0.5) is 0 Å². The topological polar surface area (TPSA) is 61.9 Å². The Bertz CT molecular complexity index is 784. The molecule has 0 radical (unpaired) electrons. The third kappa shape index (κ3) is 4.16. The molecule has 25 heavy (non-hydrogen) atoms. The number of para-hydroxylation sites is 2. The third-order valence-electron chi connectivity index (χ3n) is 4.61. The molecule has 1 aromatic carbocycles. The van der Waals surface area contributed by atoms with Crippen LogP contribution in [0.2, 0.25) is 0 Å². The van der Waals surface area contributed by atoms with E-state index in [1.807, 2.05) is 29.2 Å². The normalized spacial score (nSPS) is 20.6. The predicted octanol–water partition coefficient (Wildman–Crippen LogP) is 3.55. The quantitative estimate of drug-likeness (QED) is 0.769. The zero-order valence-electron chi connectivity index (χ0n) is 14.8. The van der Waals surface area contributed by atoms with Gasteiger partial charge in [0, 0.05) is 19.6 Å². The number of carbonyl (C=O) groups excluding carboxylic acids is 1. The minimum absolute atomic E-state index is 0.183. The van der Waals surface area contributed by atoms with E-state index in [-0.39, 0.29) is 5.91 Å². The lowest BCUT2D eigenvalue weighted by molar-refractivity contribution is -0.130. The number of benzene rings is 1. The van der Waals surface area contributed by atoms with Crippen molar-refractivity contribution in [3.05, 3.63) is 24.3 Å². The number of thioether (sulfide) groups is 1. The number of imidazole rings is 1. The summed E-state index contributed by atoms with van der Waals surface area (Å²) in [6.45, 7) is 6.74. The van der Waals surface area contributed by atoms with Gasteiger partial charge >= 0.3 is 0 Å². The molecule has 0 spiro atoms. The molecule has 0 saturated carbocycles. The van der Waals surface area contributed by atoms with Gasteiger partial charge in [0.05, 0.1) is 29.3 Å². The van der Waals surface area contributed by atoms with Crippen molar-refractivity contribution in [3.63, 3.8) is 0 Å². The number of rotatable bonds is 5. The Morgan fingerprint density at radius 1 is 1.32 bits per heavy atom. The Balaban J connectivity index is 1.72. The van der Waals surface area contributed by atoms with Crippen molar-refractivity contribution >= 4 is 28.7 Å². The van der Waals surface area contributed by atoms with E-state index in [0.29, 0.717) is 30.6 Å². The number of hydrogen-bond donors (Lipinski definition) is 0. The standard InChI is InChI=1S/C19H24N4OS/c1-14-10-15(2)12-22(11-14)18(24)13-25-19-21-16-6-3-4-7-17(16)23(19)9-5-8-20/h3-4,6-7,14-15H,5,9-13H2,1-2H3/t14-,15-/m1/s1. The first kappa shape index (κ1) is 17.8. The smallest absolute Gasteiger partial charge is 0.233 e. The summed E-state index contributed by atoms with van der Waals surface area (Å²) in [6.07, 6.45) is 1.63. The first-order valence-corrected chi connectivity index (χ1v) is 9.79. The Kier molecular flexibility index (Phi) is 5.64. The SMILES string of the molecule is C[C@@H]1C[C@@H](C)CN(C(=O)CSc2nc3ccccc3n2CCC#N)C1. The number of aryl methyl sites for hydroxylation is 1. The number of piperidine rings is 1. The number of aromatic nitrogens is 2. The fourth-order valence-electron chi connectivity index (χ4n) is 3.63. The van der Waals surface area contributed by atoms with Crippen molar-refractivity contribution in [2.24, 2.45) is 11.8 Å². The van der Waals surface area contributed by atoms with Gasteiger partial charge in [-0.1, -0.05) is 37.7 Å². The fraction of sp³-hybridized carbons (Fsp3) is 0.526. The summed E-state index contributed by atoms with van der Waals surface area (Å²) >= 11 is 1.48. The second-order valence-corrected chi connectivity index (χ2v) is 7.92. The predicted molar refractivity (Wildman–Crippen MR) is 100 cm³/mol. The van der Waals surface area contributed by atoms with Crippen molar-refractivity contribution in [2.45, 2.75) is 38.4 Å². The van der Waals surface area contributed by atoms with Gasteiger partial charge in [-0.15, -0.1) is 0 Å².